The summed E-state index contributed by atoms with van der Waals surface area (Å²) in [6, 6.07) is 6.15. The summed E-state index contributed by atoms with van der Waals surface area (Å²) in [7, 11) is 0. The molecule has 2 N–H and O–H groups in total. The SMILES string of the molecule is Cc1cccc(C)c1N=C(N)C(C)C. The van der Waals surface area contributed by atoms with Crippen molar-refractivity contribution in [3.63, 3.8) is 0 Å². The number of aryl methyl sites for hydroxylation is 2. The summed E-state index contributed by atoms with van der Waals surface area (Å²) in [6.45, 7) is 8.21. The molecule has 14 heavy (non-hydrogen) atoms. The van der Waals surface area contributed by atoms with Crippen molar-refractivity contribution in [1.82, 2.24) is 0 Å². The highest BCUT2D eigenvalue weighted by atomic mass is 14.9. The maximum Gasteiger partial charge on any atom is 0.102 e. The van der Waals surface area contributed by atoms with E-state index in [4.69, 9.17) is 5.73 Å². The van der Waals surface area contributed by atoms with Crippen LogP contribution >= 0.6 is 0 Å². The summed E-state index contributed by atoms with van der Waals surface area (Å²) in [5, 5.41) is 0. The lowest BCUT2D eigenvalue weighted by molar-refractivity contribution is 0.872. The van der Waals surface area contributed by atoms with Gasteiger partial charge in [0, 0.05) is 5.92 Å². The Hall–Kier alpha value is -1.31. The van der Waals surface area contributed by atoms with Gasteiger partial charge in [0.2, 0.25) is 0 Å². The maximum absolute atomic E-state index is 5.84. The van der Waals surface area contributed by atoms with Gasteiger partial charge in [-0.15, -0.1) is 0 Å². The van der Waals surface area contributed by atoms with E-state index in [1.165, 1.54) is 11.1 Å². The number of hydrogen-bond acceptors (Lipinski definition) is 1. The molecule has 1 rings (SSSR count). The first-order valence-electron chi connectivity index (χ1n) is 4.92. The fourth-order valence-electron chi connectivity index (χ4n) is 1.24. The second kappa shape index (κ2) is 4.27. The Morgan fingerprint density at radius 1 is 1.21 bits per heavy atom. The standard InChI is InChI=1S/C12H18N2/c1-8(2)12(13)14-11-9(3)6-5-7-10(11)4/h5-8H,1-4H3,(H2,13,14). The molecule has 0 aliphatic heterocycles. The molecule has 0 spiro atoms. The minimum Gasteiger partial charge on any atom is -0.387 e. The third-order valence-corrected chi connectivity index (χ3v) is 2.27. The summed E-state index contributed by atoms with van der Waals surface area (Å²) in [5.74, 6) is 0.997. The number of benzene rings is 1. The average Bonchev–Trinajstić information content (AvgIpc) is 2.11. The highest BCUT2D eigenvalue weighted by Gasteiger charge is 2.03. The highest BCUT2D eigenvalue weighted by Crippen LogP contribution is 2.23. The molecule has 0 aliphatic rings. The molecule has 0 aromatic heterocycles. The van der Waals surface area contributed by atoms with Crippen LogP contribution in [0.3, 0.4) is 0 Å². The first-order valence-corrected chi connectivity index (χ1v) is 4.92. The summed E-state index contributed by atoms with van der Waals surface area (Å²) >= 11 is 0. The molecule has 0 saturated carbocycles. The van der Waals surface area contributed by atoms with Gasteiger partial charge in [-0.1, -0.05) is 32.0 Å². The Labute approximate surface area is 85.9 Å². The van der Waals surface area contributed by atoms with Gasteiger partial charge in [0.15, 0.2) is 0 Å². The molecular weight excluding hydrogens is 172 g/mol. The van der Waals surface area contributed by atoms with Crippen LogP contribution in [0.5, 0.6) is 0 Å². The molecule has 0 unspecified atom stereocenters. The van der Waals surface area contributed by atoms with E-state index < -0.39 is 0 Å². The molecule has 0 aliphatic carbocycles. The first-order chi connectivity index (χ1) is 6.52. The van der Waals surface area contributed by atoms with E-state index >= 15 is 0 Å². The fraction of sp³-hybridized carbons (Fsp3) is 0.417. The van der Waals surface area contributed by atoms with E-state index in [1.54, 1.807) is 0 Å². The largest absolute Gasteiger partial charge is 0.387 e. The molecule has 2 nitrogen and oxygen atoms in total. The van der Waals surface area contributed by atoms with E-state index in [0.29, 0.717) is 11.8 Å². The predicted octanol–water partition coefficient (Wildman–Crippen LogP) is 2.95. The molecule has 1 aromatic carbocycles. The quantitative estimate of drug-likeness (QED) is 0.565. The van der Waals surface area contributed by atoms with Gasteiger partial charge in [-0.3, -0.25) is 0 Å². The van der Waals surface area contributed by atoms with Gasteiger partial charge in [0.1, 0.15) is 5.84 Å². The zero-order valence-corrected chi connectivity index (χ0v) is 9.33. The van der Waals surface area contributed by atoms with Crippen molar-refractivity contribution >= 4 is 11.5 Å². The topological polar surface area (TPSA) is 38.4 Å². The van der Waals surface area contributed by atoms with Crippen LogP contribution < -0.4 is 5.73 Å². The van der Waals surface area contributed by atoms with Gasteiger partial charge < -0.3 is 5.73 Å². The molecule has 0 atom stereocenters. The number of amidine groups is 1. The van der Waals surface area contributed by atoms with E-state index in [2.05, 4.69) is 31.0 Å². The highest BCUT2D eigenvalue weighted by molar-refractivity contribution is 5.85. The van der Waals surface area contributed by atoms with Crippen molar-refractivity contribution in [2.75, 3.05) is 0 Å². The number of para-hydroxylation sites is 1. The molecule has 0 radical (unpaired) electrons. The third kappa shape index (κ3) is 2.34. The lowest BCUT2D eigenvalue weighted by atomic mass is 10.1. The predicted molar refractivity (Wildman–Crippen MR) is 62.0 cm³/mol. The van der Waals surface area contributed by atoms with Crippen molar-refractivity contribution in [2.24, 2.45) is 16.6 Å². The molecule has 0 fully saturated rings. The molecule has 0 heterocycles. The normalized spacial score (nSPS) is 12.2. The molecular formula is C12H18N2. The summed E-state index contributed by atoms with van der Waals surface area (Å²) in [4.78, 5) is 4.45. The van der Waals surface area contributed by atoms with Gasteiger partial charge in [-0.2, -0.15) is 0 Å². The first kappa shape index (κ1) is 10.8. The number of nitrogens with two attached hydrogens (primary N) is 1. The van der Waals surface area contributed by atoms with E-state index in [9.17, 15) is 0 Å². The van der Waals surface area contributed by atoms with Crippen LogP contribution in [-0.2, 0) is 0 Å². The Kier molecular flexibility index (Phi) is 3.28. The van der Waals surface area contributed by atoms with E-state index in [1.807, 2.05) is 19.9 Å². The monoisotopic (exact) mass is 190 g/mol. The van der Waals surface area contributed by atoms with Crippen LogP contribution in [0.2, 0.25) is 0 Å². The molecule has 2 heteroatoms. The smallest absolute Gasteiger partial charge is 0.102 e. The third-order valence-electron chi connectivity index (χ3n) is 2.27. The second-order valence-corrected chi connectivity index (χ2v) is 3.93. The maximum atomic E-state index is 5.84. The van der Waals surface area contributed by atoms with Crippen LogP contribution in [0.1, 0.15) is 25.0 Å². The van der Waals surface area contributed by atoms with Gasteiger partial charge in [0.25, 0.3) is 0 Å². The van der Waals surface area contributed by atoms with Crippen LogP contribution in [0.25, 0.3) is 0 Å². The summed E-state index contributed by atoms with van der Waals surface area (Å²) in [5.41, 5.74) is 9.20. The van der Waals surface area contributed by atoms with Crippen molar-refractivity contribution in [2.45, 2.75) is 27.7 Å². The lowest BCUT2D eigenvalue weighted by Gasteiger charge is -2.08. The summed E-state index contributed by atoms with van der Waals surface area (Å²) < 4.78 is 0. The minimum absolute atomic E-state index is 0.300. The number of nitrogens with zero attached hydrogens (tertiary/aromatic N) is 1. The van der Waals surface area contributed by atoms with Crippen LogP contribution in [0.15, 0.2) is 23.2 Å². The summed E-state index contributed by atoms with van der Waals surface area (Å²) in [6.07, 6.45) is 0. The zero-order chi connectivity index (χ0) is 10.7. The minimum atomic E-state index is 0.300. The van der Waals surface area contributed by atoms with E-state index in [0.717, 1.165) is 5.69 Å². The van der Waals surface area contributed by atoms with Crippen molar-refractivity contribution in [1.29, 1.82) is 0 Å². The lowest BCUT2D eigenvalue weighted by Crippen LogP contribution is -2.18. The number of aliphatic imine (C=N–C) groups is 1. The van der Waals surface area contributed by atoms with Crippen LogP contribution in [0.4, 0.5) is 5.69 Å². The number of rotatable bonds is 2. The Bertz CT molecular complexity index is 331. The van der Waals surface area contributed by atoms with E-state index in [-0.39, 0.29) is 0 Å². The van der Waals surface area contributed by atoms with Crippen LogP contribution in [-0.4, -0.2) is 5.84 Å². The molecule has 76 valence electrons. The number of hydrogen-bond donors (Lipinski definition) is 1. The molecule has 1 aromatic rings. The molecule has 0 bridgehead atoms. The molecule has 0 saturated heterocycles. The average molecular weight is 190 g/mol. The fourth-order valence-corrected chi connectivity index (χ4v) is 1.24. The van der Waals surface area contributed by atoms with Crippen molar-refractivity contribution < 1.29 is 0 Å². The van der Waals surface area contributed by atoms with Crippen molar-refractivity contribution in [3.8, 4) is 0 Å². The van der Waals surface area contributed by atoms with Gasteiger partial charge in [-0.25, -0.2) is 4.99 Å². The second-order valence-electron chi connectivity index (χ2n) is 3.93. The molecule has 0 amide bonds. The zero-order valence-electron chi connectivity index (χ0n) is 9.33. The Balaban J connectivity index is 3.14. The van der Waals surface area contributed by atoms with Gasteiger partial charge in [0.05, 0.1) is 5.69 Å². The Morgan fingerprint density at radius 2 is 1.71 bits per heavy atom. The Morgan fingerprint density at radius 3 is 2.14 bits per heavy atom. The van der Waals surface area contributed by atoms with Gasteiger partial charge in [-0.05, 0) is 25.0 Å². The van der Waals surface area contributed by atoms with Crippen LogP contribution in [0, 0.1) is 19.8 Å². The van der Waals surface area contributed by atoms with Gasteiger partial charge >= 0.3 is 0 Å². The van der Waals surface area contributed by atoms with Crippen molar-refractivity contribution in [3.05, 3.63) is 29.3 Å².